The van der Waals surface area contributed by atoms with Crippen LogP contribution in [-0.2, 0) is 21.4 Å². The van der Waals surface area contributed by atoms with Gasteiger partial charge in [0.2, 0.25) is 15.9 Å². The highest BCUT2D eigenvalue weighted by molar-refractivity contribution is 8.09. The molecule has 0 spiro atoms. The van der Waals surface area contributed by atoms with Crippen LogP contribution in [0.4, 0.5) is 14.5 Å². The zero-order valence-corrected chi connectivity index (χ0v) is 18.6. The fraction of sp³-hybridized carbons (Fsp3) is 0.286. The number of carbonyl (C=O) groups is 1. The molecule has 1 heterocycles. The second-order valence-electron chi connectivity index (χ2n) is 6.90. The number of anilines is 1. The van der Waals surface area contributed by atoms with Gasteiger partial charge in [-0.1, -0.05) is 18.2 Å². The molecular formula is C21H22F2N2O4S2. The van der Waals surface area contributed by atoms with Gasteiger partial charge in [0, 0.05) is 11.4 Å². The van der Waals surface area contributed by atoms with Crippen molar-refractivity contribution in [1.82, 2.24) is 5.32 Å². The molecule has 1 amide bonds. The molecule has 2 N–H and O–H groups in total. The number of hydrogen-bond donors (Lipinski definition) is 2. The molecule has 0 fully saturated rings. The van der Waals surface area contributed by atoms with Crippen molar-refractivity contribution in [3.8, 4) is 5.75 Å². The highest BCUT2D eigenvalue weighted by Crippen LogP contribution is 2.40. The van der Waals surface area contributed by atoms with Crippen LogP contribution in [0.3, 0.4) is 0 Å². The fourth-order valence-corrected chi connectivity index (χ4v) is 4.74. The van der Waals surface area contributed by atoms with Crippen molar-refractivity contribution in [3.05, 3.63) is 65.2 Å². The average molecular weight is 469 g/mol. The molecule has 1 unspecified atom stereocenters. The summed E-state index contributed by atoms with van der Waals surface area (Å²) < 4.78 is 57.9. The molecule has 6 nitrogen and oxygen atoms in total. The molecular weight excluding hydrogens is 446 g/mol. The van der Waals surface area contributed by atoms with Crippen LogP contribution >= 0.6 is 11.8 Å². The number of ether oxygens (including phenoxy) is 1. The fourth-order valence-electron chi connectivity index (χ4n) is 3.03. The lowest BCUT2D eigenvalue weighted by molar-refractivity contribution is -0.120. The van der Waals surface area contributed by atoms with Crippen molar-refractivity contribution in [2.75, 3.05) is 17.6 Å². The summed E-state index contributed by atoms with van der Waals surface area (Å²) in [4.78, 5) is 13.5. The van der Waals surface area contributed by atoms with Crippen molar-refractivity contribution < 1.29 is 26.7 Å². The molecule has 1 aliphatic rings. The van der Waals surface area contributed by atoms with Crippen molar-refractivity contribution >= 4 is 38.3 Å². The number of thioether (sulfide) groups is 1. The number of amides is 1. The quantitative estimate of drug-likeness (QED) is 0.614. The molecule has 0 radical (unpaired) electrons. The molecule has 0 saturated carbocycles. The Kier molecular flexibility index (Phi) is 7.22. The lowest BCUT2D eigenvalue weighted by atomic mass is 10.1. The first-order valence-corrected chi connectivity index (χ1v) is 12.3. The van der Waals surface area contributed by atoms with Gasteiger partial charge in [0.25, 0.3) is 0 Å². The molecule has 10 heteroatoms. The van der Waals surface area contributed by atoms with Gasteiger partial charge in [-0.05, 0) is 48.7 Å². The van der Waals surface area contributed by atoms with Gasteiger partial charge in [-0.3, -0.25) is 9.52 Å². The van der Waals surface area contributed by atoms with Crippen molar-refractivity contribution in [1.29, 1.82) is 0 Å². The summed E-state index contributed by atoms with van der Waals surface area (Å²) in [5, 5.41) is 2.32. The van der Waals surface area contributed by atoms with Gasteiger partial charge < -0.3 is 10.1 Å². The lowest BCUT2D eigenvalue weighted by Gasteiger charge is -2.13. The lowest BCUT2D eigenvalue weighted by Crippen LogP contribution is -2.31. The van der Waals surface area contributed by atoms with E-state index in [0.717, 1.165) is 34.6 Å². The van der Waals surface area contributed by atoms with E-state index in [2.05, 4.69) is 5.32 Å². The molecule has 0 aliphatic carbocycles. The monoisotopic (exact) mass is 468 g/mol. The van der Waals surface area contributed by atoms with E-state index in [1.165, 1.54) is 11.8 Å². The number of halogens is 2. The average Bonchev–Trinajstić information content (AvgIpc) is 3.19. The van der Waals surface area contributed by atoms with E-state index in [9.17, 15) is 22.0 Å². The maximum absolute atomic E-state index is 14.1. The van der Waals surface area contributed by atoms with Gasteiger partial charge in [0.1, 0.15) is 11.4 Å². The van der Waals surface area contributed by atoms with E-state index >= 15 is 0 Å². The zero-order chi connectivity index (χ0) is 22.6. The molecule has 31 heavy (non-hydrogen) atoms. The van der Waals surface area contributed by atoms with Crippen molar-refractivity contribution in [3.63, 3.8) is 0 Å². The molecule has 3 rings (SSSR count). The predicted molar refractivity (Wildman–Crippen MR) is 118 cm³/mol. The highest BCUT2D eigenvalue weighted by atomic mass is 32.2. The smallest absolute Gasteiger partial charge is 0.234 e. The Morgan fingerprint density at radius 1 is 1.23 bits per heavy atom. The third-order valence-corrected chi connectivity index (χ3v) is 6.29. The highest BCUT2D eigenvalue weighted by Gasteiger charge is 2.26. The Labute approximate surface area is 184 Å². The summed E-state index contributed by atoms with van der Waals surface area (Å²) in [7, 11) is -3.82. The van der Waals surface area contributed by atoms with Crippen LogP contribution in [-0.4, -0.2) is 32.4 Å². The molecule has 0 saturated heterocycles. The van der Waals surface area contributed by atoms with E-state index in [1.54, 1.807) is 4.72 Å². The third kappa shape index (κ3) is 6.20. The Bertz CT molecular complexity index is 1100. The number of nitrogens with one attached hydrogen (secondary N) is 2. The van der Waals surface area contributed by atoms with E-state index in [-0.39, 0.29) is 23.3 Å². The molecule has 0 aromatic heterocycles. The van der Waals surface area contributed by atoms with E-state index in [1.807, 2.05) is 37.3 Å². The van der Waals surface area contributed by atoms with Gasteiger partial charge in [0.15, 0.2) is 11.6 Å². The molecule has 1 atom stereocenters. The SMILES string of the molecule is CCOc1cccc(C2=CCC(C(=O)NCc3cc(F)c(NS(C)(=O)=O)c(F)c3)S2)c1. The molecule has 2 aromatic carbocycles. The Hall–Kier alpha value is -2.59. The molecule has 166 valence electrons. The third-order valence-electron chi connectivity index (χ3n) is 4.36. The topological polar surface area (TPSA) is 84.5 Å². The number of benzene rings is 2. The largest absolute Gasteiger partial charge is 0.494 e. The molecule has 2 aromatic rings. The van der Waals surface area contributed by atoms with Crippen LogP contribution in [0.5, 0.6) is 5.75 Å². The van der Waals surface area contributed by atoms with Crippen LogP contribution in [0.1, 0.15) is 24.5 Å². The second-order valence-corrected chi connectivity index (χ2v) is 9.89. The minimum atomic E-state index is -3.82. The number of carbonyl (C=O) groups excluding carboxylic acids is 1. The first-order valence-electron chi connectivity index (χ1n) is 9.49. The summed E-state index contributed by atoms with van der Waals surface area (Å²) in [5.74, 6) is -1.60. The minimum Gasteiger partial charge on any atom is -0.494 e. The summed E-state index contributed by atoms with van der Waals surface area (Å²) in [6, 6.07) is 9.59. The maximum Gasteiger partial charge on any atom is 0.234 e. The van der Waals surface area contributed by atoms with Crippen LogP contribution < -0.4 is 14.8 Å². The van der Waals surface area contributed by atoms with Gasteiger partial charge >= 0.3 is 0 Å². The van der Waals surface area contributed by atoms with E-state index in [4.69, 9.17) is 4.74 Å². The summed E-state index contributed by atoms with van der Waals surface area (Å²) in [6.45, 7) is 2.38. The molecule has 0 bridgehead atoms. The van der Waals surface area contributed by atoms with Crippen LogP contribution in [0.2, 0.25) is 0 Å². The van der Waals surface area contributed by atoms with Crippen LogP contribution in [0.25, 0.3) is 4.91 Å². The van der Waals surface area contributed by atoms with E-state index in [0.29, 0.717) is 13.0 Å². The number of allylic oxidation sites excluding steroid dienone is 1. The van der Waals surface area contributed by atoms with Gasteiger partial charge in [0.05, 0.1) is 18.1 Å². The van der Waals surface area contributed by atoms with Gasteiger partial charge in [-0.15, -0.1) is 11.8 Å². The van der Waals surface area contributed by atoms with Crippen molar-refractivity contribution in [2.45, 2.75) is 25.1 Å². The van der Waals surface area contributed by atoms with Gasteiger partial charge in [-0.25, -0.2) is 17.2 Å². The van der Waals surface area contributed by atoms with Crippen LogP contribution in [0.15, 0.2) is 42.5 Å². The van der Waals surface area contributed by atoms with Gasteiger partial charge in [-0.2, -0.15) is 0 Å². The van der Waals surface area contributed by atoms with Crippen molar-refractivity contribution in [2.24, 2.45) is 0 Å². The first-order chi connectivity index (χ1) is 14.7. The number of sulfonamides is 1. The first kappa shape index (κ1) is 23.1. The summed E-state index contributed by atoms with van der Waals surface area (Å²) in [6.07, 6.45) is 3.31. The Balaban J connectivity index is 1.59. The number of rotatable bonds is 8. The Morgan fingerprint density at radius 3 is 2.58 bits per heavy atom. The Morgan fingerprint density at radius 2 is 1.94 bits per heavy atom. The standard InChI is InChI=1S/C21H22F2N2O4S2/c1-3-29-15-6-4-5-14(11-15)18-7-8-19(30-18)21(26)24-12-13-9-16(22)20(17(23)10-13)25-31(2,27)28/h4-7,9-11,19,25H,3,8,12H2,1-2H3,(H,24,26). The maximum atomic E-state index is 14.1. The normalized spacial score (nSPS) is 16.0. The molecule has 1 aliphatic heterocycles. The minimum absolute atomic E-state index is 0.0853. The zero-order valence-electron chi connectivity index (χ0n) is 16.9. The summed E-state index contributed by atoms with van der Waals surface area (Å²) in [5.41, 5.74) is 0.402. The number of hydrogen-bond acceptors (Lipinski definition) is 5. The van der Waals surface area contributed by atoms with Crippen LogP contribution in [0, 0.1) is 11.6 Å². The van der Waals surface area contributed by atoms with E-state index < -0.39 is 27.3 Å². The second kappa shape index (κ2) is 9.69. The predicted octanol–water partition coefficient (Wildman–Crippen LogP) is 3.90. The summed E-state index contributed by atoms with van der Waals surface area (Å²) >= 11 is 1.42.